The van der Waals surface area contributed by atoms with Crippen LogP contribution in [0, 0.1) is 0 Å². The Hall–Kier alpha value is -0.810. The molecular formula is C5H10O5. The smallest absolute Gasteiger partial charge is 0.448 e. The van der Waals surface area contributed by atoms with Gasteiger partial charge in [-0.1, -0.05) is 0 Å². The Labute approximate surface area is 58.4 Å². The number of hydrogen-bond donors (Lipinski definition) is 1. The molecule has 0 fully saturated rings. The molecule has 0 spiro atoms. The first-order valence-corrected chi connectivity index (χ1v) is 2.67. The third kappa shape index (κ3) is 7.19. The maximum Gasteiger partial charge on any atom is 0.540 e. The van der Waals surface area contributed by atoms with Crippen molar-refractivity contribution in [3.63, 3.8) is 0 Å². The second kappa shape index (κ2) is 3.38. The van der Waals surface area contributed by atoms with Crippen LogP contribution in [0.25, 0.3) is 0 Å². The molecule has 5 heteroatoms. The van der Waals surface area contributed by atoms with Crippen LogP contribution in [0.2, 0.25) is 0 Å². The van der Waals surface area contributed by atoms with Crippen molar-refractivity contribution in [2.24, 2.45) is 0 Å². The lowest BCUT2D eigenvalue weighted by atomic mass is 10.2. The maximum atomic E-state index is 9.66. The topological polar surface area (TPSA) is 65.0 Å². The average molecular weight is 150 g/mol. The van der Waals surface area contributed by atoms with E-state index < -0.39 is 11.8 Å². The Kier molecular flexibility index (Phi) is 3.11. The summed E-state index contributed by atoms with van der Waals surface area (Å²) in [6.45, 7) is 5.08. The summed E-state index contributed by atoms with van der Waals surface area (Å²) in [6.07, 6.45) is -1.54. The van der Waals surface area contributed by atoms with Crippen molar-refractivity contribution in [3.05, 3.63) is 0 Å². The van der Waals surface area contributed by atoms with Gasteiger partial charge in [-0.15, -0.1) is 0 Å². The van der Waals surface area contributed by atoms with Crippen LogP contribution in [0.5, 0.6) is 0 Å². The summed E-state index contributed by atoms with van der Waals surface area (Å²) in [7, 11) is 0. The van der Waals surface area contributed by atoms with E-state index in [1.807, 2.05) is 0 Å². The van der Waals surface area contributed by atoms with E-state index in [2.05, 4.69) is 14.8 Å². The van der Waals surface area contributed by atoms with Crippen molar-refractivity contribution in [2.75, 3.05) is 0 Å². The third-order valence-electron chi connectivity index (χ3n) is 0.389. The van der Waals surface area contributed by atoms with Crippen LogP contribution in [0.1, 0.15) is 20.8 Å². The molecule has 0 heterocycles. The summed E-state index contributed by atoms with van der Waals surface area (Å²) >= 11 is 0. The summed E-state index contributed by atoms with van der Waals surface area (Å²) in [4.78, 5) is 17.7. The molecule has 0 aromatic carbocycles. The van der Waals surface area contributed by atoms with Gasteiger partial charge in [0, 0.05) is 0 Å². The van der Waals surface area contributed by atoms with E-state index in [0.717, 1.165) is 0 Å². The number of carbonyl (C=O) groups is 1. The highest BCUT2D eigenvalue weighted by atomic mass is 17.5. The number of hydrogen-bond acceptors (Lipinski definition) is 4. The van der Waals surface area contributed by atoms with Crippen molar-refractivity contribution < 1.29 is 24.7 Å². The maximum absolute atomic E-state index is 9.66. The van der Waals surface area contributed by atoms with E-state index in [4.69, 9.17) is 5.11 Å². The van der Waals surface area contributed by atoms with E-state index in [0.29, 0.717) is 0 Å². The Morgan fingerprint density at radius 2 is 1.90 bits per heavy atom. The van der Waals surface area contributed by atoms with Gasteiger partial charge in [-0.3, -0.25) is 0 Å². The molecule has 10 heavy (non-hydrogen) atoms. The minimum absolute atomic E-state index is 0.574. The highest BCUT2D eigenvalue weighted by molar-refractivity contribution is 5.55. The first-order valence-electron chi connectivity index (χ1n) is 2.67. The molecule has 0 unspecified atom stereocenters. The second-order valence-electron chi connectivity index (χ2n) is 2.61. The van der Waals surface area contributed by atoms with Gasteiger partial charge in [-0.25, -0.2) is 9.68 Å². The minimum Gasteiger partial charge on any atom is -0.448 e. The molecule has 1 N–H and O–H groups in total. The normalized spacial score (nSPS) is 11.1. The second-order valence-corrected chi connectivity index (χ2v) is 2.61. The molecule has 5 nitrogen and oxygen atoms in total. The molecule has 0 aliphatic heterocycles. The van der Waals surface area contributed by atoms with Crippen LogP contribution in [0.3, 0.4) is 0 Å². The number of rotatable bonds is 2. The zero-order chi connectivity index (χ0) is 8.20. The van der Waals surface area contributed by atoms with Crippen LogP contribution < -0.4 is 0 Å². The molecule has 0 aliphatic carbocycles. The quantitative estimate of drug-likeness (QED) is 0.475. The summed E-state index contributed by atoms with van der Waals surface area (Å²) in [6, 6.07) is 0. The van der Waals surface area contributed by atoms with Gasteiger partial charge in [-0.2, -0.15) is 4.89 Å². The molecule has 0 aliphatic rings. The molecule has 0 aromatic rings. The fourth-order valence-electron chi connectivity index (χ4n) is 0.148. The predicted octanol–water partition coefficient (Wildman–Crippen LogP) is 1.34. The van der Waals surface area contributed by atoms with Gasteiger partial charge in [-0.05, 0) is 25.8 Å². The highest BCUT2D eigenvalue weighted by Gasteiger charge is 2.13. The zero-order valence-corrected chi connectivity index (χ0v) is 6.08. The fourth-order valence-corrected chi connectivity index (χ4v) is 0.148. The van der Waals surface area contributed by atoms with Gasteiger partial charge >= 0.3 is 6.16 Å². The van der Waals surface area contributed by atoms with Crippen molar-refractivity contribution in [1.82, 2.24) is 0 Å². The fraction of sp³-hybridized carbons (Fsp3) is 0.800. The van der Waals surface area contributed by atoms with Crippen molar-refractivity contribution in [1.29, 1.82) is 0 Å². The first kappa shape index (κ1) is 9.19. The van der Waals surface area contributed by atoms with Crippen molar-refractivity contribution in [2.45, 2.75) is 26.4 Å². The van der Waals surface area contributed by atoms with E-state index >= 15 is 0 Å². The predicted molar refractivity (Wildman–Crippen MR) is 31.0 cm³/mol. The average Bonchev–Trinajstić information content (AvgIpc) is 1.59. The Bertz CT molecular complexity index is 114. The Morgan fingerprint density at radius 3 is 2.20 bits per heavy atom. The van der Waals surface area contributed by atoms with Gasteiger partial charge in [0.1, 0.15) is 0 Å². The largest absolute Gasteiger partial charge is 0.540 e. The van der Waals surface area contributed by atoms with Crippen LogP contribution in [-0.4, -0.2) is 16.9 Å². The molecule has 0 aromatic heterocycles. The van der Waals surface area contributed by atoms with E-state index in [1.165, 1.54) is 0 Å². The molecular weight excluding hydrogens is 140 g/mol. The summed E-state index contributed by atoms with van der Waals surface area (Å²) in [5.41, 5.74) is -0.574. The van der Waals surface area contributed by atoms with Gasteiger partial charge in [0.15, 0.2) is 0 Å². The summed E-state index contributed by atoms with van der Waals surface area (Å²) in [5, 5.41) is 11.7. The monoisotopic (exact) mass is 150 g/mol. The standard InChI is InChI=1S/C5H10O5/c1-5(2,3)9-10-8-4(6)7/h1-3H3,(H,6,7). The van der Waals surface area contributed by atoms with Crippen LogP contribution >= 0.6 is 0 Å². The lowest BCUT2D eigenvalue weighted by Gasteiger charge is -2.14. The van der Waals surface area contributed by atoms with Crippen LogP contribution in [0.15, 0.2) is 0 Å². The Balaban J connectivity index is 3.29. The number of carboxylic acid groups (broad SMARTS) is 1. The van der Waals surface area contributed by atoms with E-state index in [9.17, 15) is 4.79 Å². The van der Waals surface area contributed by atoms with Gasteiger partial charge in [0.25, 0.3) is 0 Å². The molecule has 0 bridgehead atoms. The third-order valence-corrected chi connectivity index (χ3v) is 0.389. The van der Waals surface area contributed by atoms with Crippen LogP contribution in [-0.2, 0) is 14.8 Å². The molecule has 0 saturated carbocycles. The van der Waals surface area contributed by atoms with Gasteiger partial charge in [0.05, 0.1) is 5.60 Å². The van der Waals surface area contributed by atoms with Crippen molar-refractivity contribution in [3.8, 4) is 0 Å². The SMILES string of the molecule is CC(C)(C)OOOC(=O)O. The molecule has 60 valence electrons. The Morgan fingerprint density at radius 1 is 1.40 bits per heavy atom. The molecule has 0 amide bonds. The summed E-state index contributed by atoms with van der Waals surface area (Å²) in [5.74, 6) is 0. The van der Waals surface area contributed by atoms with Gasteiger partial charge < -0.3 is 5.11 Å². The van der Waals surface area contributed by atoms with Crippen LogP contribution in [0.4, 0.5) is 4.79 Å². The van der Waals surface area contributed by atoms with E-state index in [-0.39, 0.29) is 0 Å². The van der Waals surface area contributed by atoms with Crippen molar-refractivity contribution >= 4 is 6.16 Å². The zero-order valence-electron chi connectivity index (χ0n) is 6.08. The molecule has 0 saturated heterocycles. The summed E-state index contributed by atoms with van der Waals surface area (Å²) < 4.78 is 0. The molecule has 0 rings (SSSR count). The van der Waals surface area contributed by atoms with Gasteiger partial charge in [0.2, 0.25) is 0 Å². The molecule has 0 radical (unpaired) electrons. The molecule has 0 atom stereocenters. The lowest BCUT2D eigenvalue weighted by Crippen LogP contribution is -2.20. The highest BCUT2D eigenvalue weighted by Crippen LogP contribution is 2.06. The minimum atomic E-state index is -1.54. The first-order chi connectivity index (χ1) is 4.42. The van der Waals surface area contributed by atoms with E-state index in [1.54, 1.807) is 20.8 Å². The lowest BCUT2D eigenvalue weighted by molar-refractivity contribution is -0.514.